The van der Waals surface area contributed by atoms with Gasteiger partial charge < -0.3 is 19.7 Å². The molecule has 1 amide bonds. The molecule has 3 rings (SSSR count). The van der Waals surface area contributed by atoms with Crippen LogP contribution in [0, 0.1) is 6.92 Å². The zero-order valence-corrected chi connectivity index (χ0v) is 14.0. The van der Waals surface area contributed by atoms with E-state index in [2.05, 4.69) is 21.8 Å². The number of rotatable bonds is 5. The van der Waals surface area contributed by atoms with Crippen molar-refractivity contribution in [1.29, 1.82) is 0 Å². The SMILES string of the molecule is Cc1nccn1[C@@H](C)c1ccc(NC(=O)C[C@@]2(O)CCOC2)cc1. The normalized spacial score (nSPS) is 21.6. The van der Waals surface area contributed by atoms with Gasteiger partial charge in [-0.25, -0.2) is 4.98 Å². The third-order valence-corrected chi connectivity index (χ3v) is 4.53. The summed E-state index contributed by atoms with van der Waals surface area (Å²) in [6.45, 7) is 4.81. The summed E-state index contributed by atoms with van der Waals surface area (Å²) in [6, 6.07) is 7.92. The summed E-state index contributed by atoms with van der Waals surface area (Å²) < 4.78 is 7.26. The Labute approximate surface area is 141 Å². The fraction of sp³-hybridized carbons (Fsp3) is 0.444. The van der Waals surface area contributed by atoms with Gasteiger partial charge in [0, 0.05) is 31.1 Å². The van der Waals surface area contributed by atoms with Crippen LogP contribution in [-0.4, -0.2) is 39.4 Å². The molecule has 0 aliphatic carbocycles. The lowest BCUT2D eigenvalue weighted by molar-refractivity contribution is -0.121. The van der Waals surface area contributed by atoms with Crippen LogP contribution in [-0.2, 0) is 9.53 Å². The van der Waals surface area contributed by atoms with Crippen molar-refractivity contribution in [3.8, 4) is 0 Å². The Bertz CT molecular complexity index is 703. The van der Waals surface area contributed by atoms with Gasteiger partial charge in [0.2, 0.25) is 5.91 Å². The van der Waals surface area contributed by atoms with Crippen LogP contribution in [0.25, 0.3) is 0 Å². The molecule has 2 atom stereocenters. The Kier molecular flexibility index (Phi) is 4.69. The van der Waals surface area contributed by atoms with Crippen LogP contribution in [0.15, 0.2) is 36.7 Å². The van der Waals surface area contributed by atoms with E-state index in [1.165, 1.54) is 0 Å². The molecule has 1 fully saturated rings. The Morgan fingerprint density at radius 3 is 2.79 bits per heavy atom. The molecule has 1 aliphatic heterocycles. The topological polar surface area (TPSA) is 76.4 Å². The van der Waals surface area contributed by atoms with Gasteiger partial charge in [0.05, 0.1) is 24.7 Å². The van der Waals surface area contributed by atoms with E-state index in [1.54, 1.807) is 6.20 Å². The predicted octanol–water partition coefficient (Wildman–Crippen LogP) is 2.28. The Morgan fingerprint density at radius 1 is 1.46 bits per heavy atom. The first kappa shape index (κ1) is 16.7. The van der Waals surface area contributed by atoms with Crippen molar-refractivity contribution in [2.45, 2.75) is 38.3 Å². The summed E-state index contributed by atoms with van der Waals surface area (Å²) in [5.74, 6) is 0.765. The molecule has 1 saturated heterocycles. The first-order valence-electron chi connectivity index (χ1n) is 8.16. The molecule has 0 saturated carbocycles. The molecule has 24 heavy (non-hydrogen) atoms. The third-order valence-electron chi connectivity index (χ3n) is 4.53. The van der Waals surface area contributed by atoms with E-state index in [9.17, 15) is 9.90 Å². The van der Waals surface area contributed by atoms with Gasteiger partial charge >= 0.3 is 0 Å². The fourth-order valence-electron chi connectivity index (χ4n) is 3.04. The number of hydrogen-bond acceptors (Lipinski definition) is 4. The highest BCUT2D eigenvalue weighted by Crippen LogP contribution is 2.24. The summed E-state index contributed by atoms with van der Waals surface area (Å²) in [6.07, 6.45) is 4.30. The molecule has 1 aromatic heterocycles. The first-order chi connectivity index (χ1) is 11.5. The van der Waals surface area contributed by atoms with Crippen molar-refractivity contribution in [3.05, 3.63) is 48.0 Å². The van der Waals surface area contributed by atoms with Crippen LogP contribution in [0.4, 0.5) is 5.69 Å². The minimum absolute atomic E-state index is 0.0549. The Balaban J connectivity index is 1.62. The van der Waals surface area contributed by atoms with E-state index < -0.39 is 5.60 Å². The highest BCUT2D eigenvalue weighted by Gasteiger charge is 2.34. The van der Waals surface area contributed by atoms with Crippen LogP contribution >= 0.6 is 0 Å². The second kappa shape index (κ2) is 6.75. The zero-order valence-electron chi connectivity index (χ0n) is 14.0. The van der Waals surface area contributed by atoms with Crippen LogP contribution in [0.1, 0.15) is 37.2 Å². The number of aromatic nitrogens is 2. The smallest absolute Gasteiger partial charge is 0.227 e. The average molecular weight is 329 g/mol. The molecule has 0 spiro atoms. The highest BCUT2D eigenvalue weighted by molar-refractivity contribution is 5.91. The van der Waals surface area contributed by atoms with Crippen molar-refractivity contribution in [3.63, 3.8) is 0 Å². The monoisotopic (exact) mass is 329 g/mol. The number of aliphatic hydroxyl groups is 1. The number of anilines is 1. The van der Waals surface area contributed by atoms with Crippen LogP contribution in [0.5, 0.6) is 0 Å². The third kappa shape index (κ3) is 3.66. The molecular formula is C18H23N3O3. The van der Waals surface area contributed by atoms with Gasteiger partial charge in [0.15, 0.2) is 0 Å². The average Bonchev–Trinajstić information content (AvgIpc) is 3.16. The number of ether oxygens (including phenoxy) is 1. The zero-order chi connectivity index (χ0) is 17.2. The Hall–Kier alpha value is -2.18. The number of carbonyl (C=O) groups is 1. The van der Waals surface area contributed by atoms with E-state index >= 15 is 0 Å². The number of amides is 1. The lowest BCUT2D eigenvalue weighted by atomic mass is 9.98. The molecule has 6 nitrogen and oxygen atoms in total. The number of nitrogens with zero attached hydrogens (tertiary/aromatic N) is 2. The maximum absolute atomic E-state index is 12.1. The van der Waals surface area contributed by atoms with E-state index in [4.69, 9.17) is 4.74 Å². The Morgan fingerprint density at radius 2 is 2.21 bits per heavy atom. The first-order valence-corrected chi connectivity index (χ1v) is 8.16. The standard InChI is InChI=1S/C18H23N3O3/c1-13(21-9-8-19-14(21)2)15-3-5-16(6-4-15)20-17(22)11-18(23)7-10-24-12-18/h3-6,8-9,13,23H,7,10-12H2,1-2H3,(H,20,22)/t13-,18-/m0/s1. The maximum atomic E-state index is 12.1. The number of benzene rings is 1. The number of hydrogen-bond donors (Lipinski definition) is 2. The summed E-state index contributed by atoms with van der Waals surface area (Å²) in [5.41, 5.74) is 0.829. The largest absolute Gasteiger partial charge is 0.387 e. The summed E-state index contributed by atoms with van der Waals surface area (Å²) >= 11 is 0. The van der Waals surface area contributed by atoms with Crippen LogP contribution in [0.2, 0.25) is 0 Å². The molecule has 2 N–H and O–H groups in total. The van der Waals surface area contributed by atoms with Gasteiger partial charge in [0.25, 0.3) is 0 Å². The minimum Gasteiger partial charge on any atom is -0.387 e. The van der Waals surface area contributed by atoms with E-state index in [-0.39, 0.29) is 25.0 Å². The molecule has 128 valence electrons. The van der Waals surface area contributed by atoms with Gasteiger partial charge in [-0.1, -0.05) is 12.1 Å². The molecule has 0 radical (unpaired) electrons. The predicted molar refractivity (Wildman–Crippen MR) is 90.9 cm³/mol. The molecule has 0 unspecified atom stereocenters. The van der Waals surface area contributed by atoms with Crippen molar-refractivity contribution in [1.82, 2.24) is 9.55 Å². The van der Waals surface area contributed by atoms with Gasteiger partial charge in [-0.05, 0) is 31.5 Å². The van der Waals surface area contributed by atoms with Gasteiger partial charge in [-0.15, -0.1) is 0 Å². The molecular weight excluding hydrogens is 306 g/mol. The summed E-state index contributed by atoms with van der Waals surface area (Å²) in [5, 5.41) is 13.0. The number of nitrogens with one attached hydrogen (secondary N) is 1. The van der Waals surface area contributed by atoms with E-state index in [0.717, 1.165) is 17.1 Å². The maximum Gasteiger partial charge on any atom is 0.227 e. The van der Waals surface area contributed by atoms with Crippen molar-refractivity contribution < 1.29 is 14.6 Å². The number of carbonyl (C=O) groups excluding carboxylic acids is 1. The highest BCUT2D eigenvalue weighted by atomic mass is 16.5. The van der Waals surface area contributed by atoms with Gasteiger partial charge in [0.1, 0.15) is 5.82 Å². The van der Waals surface area contributed by atoms with Gasteiger partial charge in [-0.2, -0.15) is 0 Å². The molecule has 1 aromatic carbocycles. The van der Waals surface area contributed by atoms with E-state index in [1.807, 2.05) is 37.4 Å². The van der Waals surface area contributed by atoms with Crippen LogP contribution < -0.4 is 5.32 Å². The van der Waals surface area contributed by atoms with Crippen molar-refractivity contribution in [2.75, 3.05) is 18.5 Å². The molecule has 2 heterocycles. The van der Waals surface area contributed by atoms with Crippen molar-refractivity contribution >= 4 is 11.6 Å². The minimum atomic E-state index is -1.03. The second-order valence-corrected chi connectivity index (χ2v) is 6.43. The fourth-order valence-corrected chi connectivity index (χ4v) is 3.04. The number of imidazole rings is 1. The quantitative estimate of drug-likeness (QED) is 0.882. The van der Waals surface area contributed by atoms with Crippen molar-refractivity contribution in [2.24, 2.45) is 0 Å². The molecule has 1 aliphatic rings. The molecule has 2 aromatic rings. The lowest BCUT2D eigenvalue weighted by Gasteiger charge is -2.19. The lowest BCUT2D eigenvalue weighted by Crippen LogP contribution is -2.34. The van der Waals surface area contributed by atoms with Gasteiger partial charge in [-0.3, -0.25) is 4.79 Å². The summed E-state index contributed by atoms with van der Waals surface area (Å²) in [4.78, 5) is 16.3. The second-order valence-electron chi connectivity index (χ2n) is 6.43. The van der Waals surface area contributed by atoms with E-state index in [0.29, 0.717) is 13.0 Å². The molecule has 6 heteroatoms. The number of aryl methyl sites for hydroxylation is 1. The van der Waals surface area contributed by atoms with Crippen LogP contribution in [0.3, 0.4) is 0 Å². The summed E-state index contributed by atoms with van der Waals surface area (Å²) in [7, 11) is 0. The molecule has 0 bridgehead atoms.